The summed E-state index contributed by atoms with van der Waals surface area (Å²) in [5.41, 5.74) is 4.81. The standard InChI is InChI=1S/C13H19N5S/c1-8(2)11-16-12(9(3)13(17-11)18-14)15-6-10-4-5-19-7-10/h4-5,7-8H,6,14H2,1-3H3,(H2,15,16,17,18). The normalized spacial score (nSPS) is 10.8. The maximum Gasteiger partial charge on any atom is 0.148 e. The third kappa shape index (κ3) is 3.21. The van der Waals surface area contributed by atoms with Crippen LogP contribution in [0.5, 0.6) is 0 Å². The van der Waals surface area contributed by atoms with E-state index in [0.29, 0.717) is 5.82 Å². The molecule has 0 aliphatic rings. The number of hydrazine groups is 1. The Morgan fingerprint density at radius 3 is 2.63 bits per heavy atom. The molecule has 2 heterocycles. The average Bonchev–Trinajstić information content (AvgIpc) is 2.90. The predicted molar refractivity (Wildman–Crippen MR) is 80.3 cm³/mol. The van der Waals surface area contributed by atoms with Crippen LogP contribution in [0.15, 0.2) is 16.8 Å². The molecule has 6 heteroatoms. The summed E-state index contributed by atoms with van der Waals surface area (Å²) >= 11 is 1.69. The lowest BCUT2D eigenvalue weighted by Crippen LogP contribution is -2.15. The Balaban J connectivity index is 2.24. The second-order valence-corrected chi connectivity index (χ2v) is 5.47. The molecule has 0 unspecified atom stereocenters. The molecule has 0 radical (unpaired) electrons. The van der Waals surface area contributed by atoms with Gasteiger partial charge in [0.1, 0.15) is 17.5 Å². The summed E-state index contributed by atoms with van der Waals surface area (Å²) in [5.74, 6) is 8.06. The lowest BCUT2D eigenvalue weighted by molar-refractivity contribution is 0.772. The van der Waals surface area contributed by atoms with Crippen molar-refractivity contribution in [3.8, 4) is 0 Å². The van der Waals surface area contributed by atoms with E-state index >= 15 is 0 Å². The van der Waals surface area contributed by atoms with Gasteiger partial charge in [0.2, 0.25) is 0 Å². The fourth-order valence-corrected chi connectivity index (χ4v) is 2.35. The van der Waals surface area contributed by atoms with Crippen molar-refractivity contribution in [2.45, 2.75) is 33.2 Å². The van der Waals surface area contributed by atoms with Crippen LogP contribution in [0, 0.1) is 6.92 Å². The van der Waals surface area contributed by atoms with Crippen molar-refractivity contribution >= 4 is 23.0 Å². The Hall–Kier alpha value is -1.66. The number of hydrogen-bond acceptors (Lipinski definition) is 6. The number of nitrogens with zero attached hydrogens (tertiary/aromatic N) is 2. The van der Waals surface area contributed by atoms with E-state index in [4.69, 9.17) is 5.84 Å². The van der Waals surface area contributed by atoms with Crippen LogP contribution in [0.25, 0.3) is 0 Å². The molecule has 0 aliphatic carbocycles. The second-order valence-electron chi connectivity index (χ2n) is 4.69. The Morgan fingerprint density at radius 2 is 2.05 bits per heavy atom. The zero-order valence-corrected chi connectivity index (χ0v) is 12.2. The summed E-state index contributed by atoms with van der Waals surface area (Å²) in [5, 5.41) is 7.53. The number of thiophene rings is 1. The highest BCUT2D eigenvalue weighted by molar-refractivity contribution is 7.07. The summed E-state index contributed by atoms with van der Waals surface area (Å²) in [6.45, 7) is 6.83. The number of nitrogens with two attached hydrogens (primary N) is 1. The highest BCUT2D eigenvalue weighted by Crippen LogP contribution is 2.23. The zero-order chi connectivity index (χ0) is 13.8. The van der Waals surface area contributed by atoms with Crippen molar-refractivity contribution < 1.29 is 0 Å². The summed E-state index contributed by atoms with van der Waals surface area (Å²) in [6.07, 6.45) is 0. The topological polar surface area (TPSA) is 75.9 Å². The molecule has 0 bridgehead atoms. The van der Waals surface area contributed by atoms with Gasteiger partial charge in [0, 0.05) is 18.0 Å². The van der Waals surface area contributed by atoms with Gasteiger partial charge in [-0.3, -0.25) is 0 Å². The Morgan fingerprint density at radius 1 is 1.32 bits per heavy atom. The number of nitrogen functional groups attached to an aromatic ring is 1. The SMILES string of the molecule is Cc1c(NN)nc(C(C)C)nc1NCc1ccsc1. The van der Waals surface area contributed by atoms with Crippen LogP contribution >= 0.6 is 11.3 Å². The van der Waals surface area contributed by atoms with E-state index < -0.39 is 0 Å². The van der Waals surface area contributed by atoms with Crippen molar-refractivity contribution in [1.82, 2.24) is 9.97 Å². The Kier molecular flexibility index (Phi) is 4.34. The first-order valence-corrected chi connectivity index (χ1v) is 7.16. The van der Waals surface area contributed by atoms with E-state index in [-0.39, 0.29) is 5.92 Å². The minimum Gasteiger partial charge on any atom is -0.366 e. The zero-order valence-electron chi connectivity index (χ0n) is 11.4. The summed E-state index contributed by atoms with van der Waals surface area (Å²) in [7, 11) is 0. The smallest absolute Gasteiger partial charge is 0.148 e. The molecular formula is C13H19N5S. The van der Waals surface area contributed by atoms with Crippen molar-refractivity contribution in [2.24, 2.45) is 5.84 Å². The lowest BCUT2D eigenvalue weighted by Gasteiger charge is -2.14. The number of nitrogens with one attached hydrogen (secondary N) is 2. The van der Waals surface area contributed by atoms with Crippen molar-refractivity contribution in [3.05, 3.63) is 33.8 Å². The van der Waals surface area contributed by atoms with Gasteiger partial charge in [-0.25, -0.2) is 15.8 Å². The lowest BCUT2D eigenvalue weighted by atomic mass is 10.2. The summed E-state index contributed by atoms with van der Waals surface area (Å²) < 4.78 is 0. The van der Waals surface area contributed by atoms with E-state index in [0.717, 1.165) is 23.8 Å². The maximum absolute atomic E-state index is 5.51. The summed E-state index contributed by atoms with van der Waals surface area (Å²) in [6, 6.07) is 2.10. The first-order valence-electron chi connectivity index (χ1n) is 6.22. The highest BCUT2D eigenvalue weighted by atomic mass is 32.1. The van der Waals surface area contributed by atoms with Crippen molar-refractivity contribution in [2.75, 3.05) is 10.7 Å². The van der Waals surface area contributed by atoms with Crippen LogP contribution in [0.4, 0.5) is 11.6 Å². The van der Waals surface area contributed by atoms with E-state index in [1.165, 1.54) is 5.56 Å². The minimum absolute atomic E-state index is 0.259. The van der Waals surface area contributed by atoms with E-state index in [9.17, 15) is 0 Å². The van der Waals surface area contributed by atoms with Gasteiger partial charge in [-0.1, -0.05) is 13.8 Å². The first-order chi connectivity index (χ1) is 9.11. The number of anilines is 2. The fraction of sp³-hybridized carbons (Fsp3) is 0.385. The summed E-state index contributed by atoms with van der Waals surface area (Å²) in [4.78, 5) is 8.98. The van der Waals surface area contributed by atoms with Crippen LogP contribution in [0.2, 0.25) is 0 Å². The predicted octanol–water partition coefficient (Wildman–Crippen LogP) is 2.87. The molecule has 0 saturated carbocycles. The monoisotopic (exact) mass is 277 g/mol. The van der Waals surface area contributed by atoms with Gasteiger partial charge in [-0.15, -0.1) is 0 Å². The van der Waals surface area contributed by atoms with Crippen LogP contribution in [0.3, 0.4) is 0 Å². The van der Waals surface area contributed by atoms with Gasteiger partial charge < -0.3 is 10.7 Å². The molecule has 19 heavy (non-hydrogen) atoms. The number of aromatic nitrogens is 2. The second kappa shape index (κ2) is 5.99. The molecule has 2 aromatic heterocycles. The average molecular weight is 277 g/mol. The van der Waals surface area contributed by atoms with Crippen LogP contribution < -0.4 is 16.6 Å². The number of hydrogen-bond donors (Lipinski definition) is 3. The highest BCUT2D eigenvalue weighted by Gasteiger charge is 2.12. The molecule has 0 spiro atoms. The van der Waals surface area contributed by atoms with Gasteiger partial charge >= 0.3 is 0 Å². The quantitative estimate of drug-likeness (QED) is 0.579. The van der Waals surface area contributed by atoms with Gasteiger partial charge in [-0.05, 0) is 29.3 Å². The molecular weight excluding hydrogens is 258 g/mol. The van der Waals surface area contributed by atoms with Crippen LogP contribution in [-0.2, 0) is 6.54 Å². The molecule has 4 N–H and O–H groups in total. The fourth-order valence-electron chi connectivity index (χ4n) is 1.68. The van der Waals surface area contributed by atoms with E-state index in [2.05, 4.69) is 51.4 Å². The third-order valence-electron chi connectivity index (χ3n) is 2.86. The van der Waals surface area contributed by atoms with E-state index in [1.807, 2.05) is 6.92 Å². The minimum atomic E-state index is 0.259. The molecule has 5 nitrogen and oxygen atoms in total. The maximum atomic E-state index is 5.51. The molecule has 0 atom stereocenters. The Bertz CT molecular complexity index is 536. The third-order valence-corrected chi connectivity index (χ3v) is 3.59. The van der Waals surface area contributed by atoms with Gasteiger partial charge in [-0.2, -0.15) is 11.3 Å². The van der Waals surface area contributed by atoms with E-state index in [1.54, 1.807) is 11.3 Å². The van der Waals surface area contributed by atoms with Crippen molar-refractivity contribution in [3.63, 3.8) is 0 Å². The molecule has 0 amide bonds. The van der Waals surface area contributed by atoms with Gasteiger partial charge in [0.15, 0.2) is 0 Å². The van der Waals surface area contributed by atoms with Crippen LogP contribution in [-0.4, -0.2) is 9.97 Å². The molecule has 2 rings (SSSR count). The molecule has 102 valence electrons. The van der Waals surface area contributed by atoms with Crippen molar-refractivity contribution in [1.29, 1.82) is 0 Å². The molecule has 2 aromatic rings. The first kappa shape index (κ1) is 13.8. The van der Waals surface area contributed by atoms with Gasteiger partial charge in [0.05, 0.1) is 0 Å². The molecule has 0 aliphatic heterocycles. The number of rotatable bonds is 5. The molecule has 0 aromatic carbocycles. The van der Waals surface area contributed by atoms with Crippen LogP contribution in [0.1, 0.15) is 36.7 Å². The largest absolute Gasteiger partial charge is 0.366 e. The molecule has 0 saturated heterocycles. The molecule has 0 fully saturated rings. The van der Waals surface area contributed by atoms with Gasteiger partial charge in [0.25, 0.3) is 0 Å². The Labute approximate surface area is 117 Å².